The second-order valence-corrected chi connectivity index (χ2v) is 8.29. The van der Waals surface area contributed by atoms with E-state index in [-0.39, 0.29) is 43.2 Å². The van der Waals surface area contributed by atoms with E-state index in [1.165, 1.54) is 18.3 Å². The molecule has 190 valence electrons. The summed E-state index contributed by atoms with van der Waals surface area (Å²) in [7, 11) is 0. The highest BCUT2D eigenvalue weighted by Gasteiger charge is 2.31. The van der Waals surface area contributed by atoms with E-state index < -0.39 is 30.1 Å². The number of halogens is 4. The summed E-state index contributed by atoms with van der Waals surface area (Å²) in [5.74, 6) is 0.767. The molecule has 10 nitrogen and oxygen atoms in total. The molecule has 0 saturated carbocycles. The second kappa shape index (κ2) is 12.1. The molecule has 0 aliphatic rings. The van der Waals surface area contributed by atoms with Gasteiger partial charge in [-0.25, -0.2) is 9.07 Å². The Hall–Kier alpha value is -4.06. The molecule has 2 heterocycles. The molecule has 0 saturated heterocycles. The lowest BCUT2D eigenvalue weighted by molar-refractivity contribution is -0.274. The number of hydrogen-bond acceptors (Lipinski definition) is 8. The Morgan fingerprint density at radius 2 is 2.00 bits per heavy atom. The molecule has 2 N–H and O–H groups in total. The van der Waals surface area contributed by atoms with E-state index in [0.29, 0.717) is 10.6 Å². The number of rotatable bonds is 11. The van der Waals surface area contributed by atoms with Gasteiger partial charge in [0.15, 0.2) is 5.69 Å². The number of aryl methyl sites for hydroxylation is 1. The van der Waals surface area contributed by atoms with Crippen LogP contribution in [0.1, 0.15) is 37.3 Å². The third-order valence-corrected chi connectivity index (χ3v) is 5.41. The molecular formula is C21H19F4N7O3S. The number of terminal acetylenes is 1. The van der Waals surface area contributed by atoms with Gasteiger partial charge < -0.3 is 15.4 Å². The Morgan fingerprint density at radius 1 is 1.19 bits per heavy atom. The lowest BCUT2D eigenvalue weighted by atomic mass is 10.2. The molecule has 1 aromatic carbocycles. The Labute approximate surface area is 206 Å². The molecule has 3 aromatic rings. The van der Waals surface area contributed by atoms with Gasteiger partial charge in [0.1, 0.15) is 16.9 Å². The second-order valence-electron chi connectivity index (χ2n) is 7.23. The van der Waals surface area contributed by atoms with Crippen molar-refractivity contribution in [1.29, 1.82) is 0 Å². The summed E-state index contributed by atoms with van der Waals surface area (Å²) in [6.07, 6.45) is 0.462. The molecule has 36 heavy (non-hydrogen) atoms. The number of nitrogens with zero attached hydrogens (tertiary/aromatic N) is 5. The molecule has 1 atom stereocenters. The predicted molar refractivity (Wildman–Crippen MR) is 119 cm³/mol. The maximum Gasteiger partial charge on any atom is 0.573 e. The van der Waals surface area contributed by atoms with Crippen molar-refractivity contribution in [3.63, 3.8) is 0 Å². The maximum atomic E-state index is 14.4. The summed E-state index contributed by atoms with van der Waals surface area (Å²) in [6, 6.07) is 5.15. The van der Waals surface area contributed by atoms with Crippen LogP contribution in [0.25, 0.3) is 0 Å². The minimum Gasteiger partial charge on any atom is -0.406 e. The van der Waals surface area contributed by atoms with Gasteiger partial charge in [0.05, 0.1) is 19.3 Å². The summed E-state index contributed by atoms with van der Waals surface area (Å²) in [6.45, 7) is -0.204. The smallest absolute Gasteiger partial charge is 0.406 e. The van der Waals surface area contributed by atoms with E-state index in [0.717, 1.165) is 28.2 Å². The Morgan fingerprint density at radius 3 is 2.75 bits per heavy atom. The quantitative estimate of drug-likeness (QED) is 0.291. The lowest BCUT2D eigenvalue weighted by Crippen LogP contribution is -2.23. The van der Waals surface area contributed by atoms with E-state index in [1.54, 1.807) is 0 Å². The molecule has 1 unspecified atom stereocenters. The van der Waals surface area contributed by atoms with Crippen LogP contribution in [0.2, 0.25) is 0 Å². The molecule has 0 aliphatic heterocycles. The van der Waals surface area contributed by atoms with Gasteiger partial charge in [-0.3, -0.25) is 9.59 Å². The molecule has 0 radical (unpaired) electrons. The van der Waals surface area contributed by atoms with Crippen molar-refractivity contribution >= 4 is 23.2 Å². The topological polar surface area (TPSA) is 124 Å². The Bertz CT molecular complexity index is 1240. The molecule has 15 heteroatoms. The zero-order valence-electron chi connectivity index (χ0n) is 18.5. The van der Waals surface area contributed by atoms with Gasteiger partial charge >= 0.3 is 6.36 Å². The summed E-state index contributed by atoms with van der Waals surface area (Å²) < 4.78 is 56.4. The number of carbonyl (C=O) groups excluding carboxylic acids is 2. The maximum absolute atomic E-state index is 14.4. The number of nitrogens with one attached hydrogen (secondary N) is 2. The van der Waals surface area contributed by atoms with Gasteiger partial charge in [-0.2, -0.15) is 0 Å². The number of ether oxygens (including phenoxy) is 1. The lowest BCUT2D eigenvalue weighted by Gasteiger charge is -2.10. The van der Waals surface area contributed by atoms with Crippen LogP contribution in [0.15, 0.2) is 30.5 Å². The van der Waals surface area contributed by atoms with E-state index in [4.69, 9.17) is 6.42 Å². The fraction of sp³-hybridized carbons (Fsp3) is 0.333. The van der Waals surface area contributed by atoms with Crippen LogP contribution in [0.4, 0.5) is 17.6 Å². The van der Waals surface area contributed by atoms with E-state index in [1.807, 2.05) is 0 Å². The zero-order chi connectivity index (χ0) is 26.1. The Balaban J connectivity index is 1.45. The van der Waals surface area contributed by atoms with Gasteiger partial charge in [-0.05, 0) is 24.1 Å². The van der Waals surface area contributed by atoms with Crippen LogP contribution in [0, 0.1) is 12.3 Å². The average Bonchev–Trinajstić information content (AvgIpc) is 3.49. The van der Waals surface area contributed by atoms with Crippen molar-refractivity contribution in [2.75, 3.05) is 6.54 Å². The number of amides is 2. The van der Waals surface area contributed by atoms with E-state index in [2.05, 4.69) is 41.8 Å². The standard InChI is InChI=1S/C21H19F4N7O3S/c1-2-8-26-19(34)20-30-29-17(36-20)7-6-14(22)11-32-12-16(28-31-32)18(33)27-10-13-4-3-5-15(9-13)35-21(23,24)25/h1,3-5,9,12,14H,6-8,10-11H2,(H,26,34)(H,27,33). The molecule has 0 aliphatic carbocycles. The fourth-order valence-electron chi connectivity index (χ4n) is 2.84. The van der Waals surface area contributed by atoms with Crippen molar-refractivity contribution in [2.45, 2.75) is 38.5 Å². The summed E-state index contributed by atoms with van der Waals surface area (Å²) in [4.78, 5) is 24.1. The number of alkyl halides is 4. The first-order chi connectivity index (χ1) is 17.1. The summed E-state index contributed by atoms with van der Waals surface area (Å²) in [5.41, 5.74) is 0.284. The number of hydrogen-bond donors (Lipinski definition) is 2. The largest absolute Gasteiger partial charge is 0.573 e. The van der Waals surface area contributed by atoms with Crippen LogP contribution in [0.3, 0.4) is 0 Å². The number of carbonyl (C=O) groups is 2. The van der Waals surface area contributed by atoms with Crippen LogP contribution in [0.5, 0.6) is 5.75 Å². The molecule has 2 amide bonds. The summed E-state index contributed by atoms with van der Waals surface area (Å²) in [5, 5.41) is 20.6. The van der Waals surface area contributed by atoms with Gasteiger partial charge in [0, 0.05) is 13.0 Å². The highest BCUT2D eigenvalue weighted by molar-refractivity contribution is 7.13. The van der Waals surface area contributed by atoms with Crippen molar-refractivity contribution < 1.29 is 31.9 Å². The van der Waals surface area contributed by atoms with Crippen molar-refractivity contribution in [3.05, 3.63) is 51.7 Å². The number of aromatic nitrogens is 5. The SMILES string of the molecule is C#CCNC(=O)c1nnc(CCC(F)Cn2cc(C(=O)NCc3cccc(OC(F)(F)F)c3)nn2)s1. The van der Waals surface area contributed by atoms with E-state index >= 15 is 0 Å². The van der Waals surface area contributed by atoms with Crippen LogP contribution < -0.4 is 15.4 Å². The van der Waals surface area contributed by atoms with Gasteiger partial charge in [0.25, 0.3) is 11.8 Å². The summed E-state index contributed by atoms with van der Waals surface area (Å²) >= 11 is 1.03. The van der Waals surface area contributed by atoms with Crippen molar-refractivity contribution in [2.24, 2.45) is 0 Å². The monoisotopic (exact) mass is 525 g/mol. The molecular weight excluding hydrogens is 506 g/mol. The van der Waals surface area contributed by atoms with Crippen LogP contribution in [-0.2, 0) is 19.5 Å². The van der Waals surface area contributed by atoms with E-state index in [9.17, 15) is 27.2 Å². The zero-order valence-corrected chi connectivity index (χ0v) is 19.3. The molecule has 0 spiro atoms. The highest BCUT2D eigenvalue weighted by atomic mass is 32.1. The van der Waals surface area contributed by atoms with Crippen LogP contribution in [-0.4, -0.2) is 56.1 Å². The number of benzene rings is 1. The third kappa shape index (κ3) is 8.31. The first kappa shape index (κ1) is 26.5. The van der Waals surface area contributed by atoms with Gasteiger partial charge in [-0.15, -0.1) is 34.9 Å². The minimum absolute atomic E-state index is 0.0579. The van der Waals surface area contributed by atoms with Crippen molar-refractivity contribution in [1.82, 2.24) is 35.8 Å². The van der Waals surface area contributed by atoms with Gasteiger partial charge in [0.2, 0.25) is 5.01 Å². The van der Waals surface area contributed by atoms with Gasteiger partial charge in [-0.1, -0.05) is 34.6 Å². The molecule has 0 bridgehead atoms. The van der Waals surface area contributed by atoms with Crippen molar-refractivity contribution in [3.8, 4) is 18.1 Å². The third-order valence-electron chi connectivity index (χ3n) is 4.43. The highest BCUT2D eigenvalue weighted by Crippen LogP contribution is 2.23. The first-order valence-corrected chi connectivity index (χ1v) is 11.2. The van der Waals surface area contributed by atoms with Crippen LogP contribution >= 0.6 is 11.3 Å². The molecule has 2 aromatic heterocycles. The Kier molecular flexibility index (Phi) is 8.90. The minimum atomic E-state index is -4.83. The molecule has 3 rings (SSSR count). The fourth-order valence-corrected chi connectivity index (χ4v) is 3.62. The first-order valence-electron chi connectivity index (χ1n) is 10.3. The predicted octanol–water partition coefficient (Wildman–Crippen LogP) is 2.29. The molecule has 0 fully saturated rings. The normalized spacial score (nSPS) is 12.0. The average molecular weight is 525 g/mol.